The van der Waals surface area contributed by atoms with E-state index < -0.39 is 5.82 Å². The smallest absolute Gasteiger partial charge is 0.155 e. The first-order valence-corrected chi connectivity index (χ1v) is 6.97. The quantitative estimate of drug-likeness (QED) is 0.864. The molecular formula is C15H16FN5O. The summed E-state index contributed by atoms with van der Waals surface area (Å²) in [6.07, 6.45) is 2.34. The molecule has 0 N–H and O–H groups in total. The Morgan fingerprint density at radius 2 is 2.27 bits per heavy atom. The van der Waals surface area contributed by atoms with Crippen LogP contribution in [-0.2, 0) is 11.8 Å². The van der Waals surface area contributed by atoms with Crippen LogP contribution in [0, 0.1) is 17.1 Å². The van der Waals surface area contributed by atoms with Crippen LogP contribution in [0.2, 0.25) is 0 Å². The molecule has 6 nitrogen and oxygen atoms in total. The first-order valence-electron chi connectivity index (χ1n) is 6.97. The molecule has 0 amide bonds. The summed E-state index contributed by atoms with van der Waals surface area (Å²) in [4.78, 5) is 1.93. The number of methoxy groups -OCH3 is 1. The van der Waals surface area contributed by atoms with Crippen LogP contribution in [0.4, 0.5) is 10.1 Å². The molecule has 0 bridgehead atoms. The number of rotatable bonds is 3. The summed E-state index contributed by atoms with van der Waals surface area (Å²) >= 11 is 0. The molecule has 0 unspecified atom stereocenters. The van der Waals surface area contributed by atoms with Crippen molar-refractivity contribution in [3.05, 3.63) is 41.7 Å². The Labute approximate surface area is 127 Å². The minimum Gasteiger partial charge on any atom is -0.380 e. The maximum Gasteiger partial charge on any atom is 0.155 e. The van der Waals surface area contributed by atoms with Crippen molar-refractivity contribution in [2.75, 3.05) is 18.6 Å². The third-order valence-electron chi connectivity index (χ3n) is 4.03. The zero-order chi connectivity index (χ0) is 15.7. The summed E-state index contributed by atoms with van der Waals surface area (Å²) in [5, 5.41) is 16.9. The Morgan fingerprint density at radius 3 is 2.86 bits per heavy atom. The minimum atomic E-state index is -0.414. The lowest BCUT2D eigenvalue weighted by Crippen LogP contribution is -2.27. The van der Waals surface area contributed by atoms with E-state index in [1.165, 1.54) is 6.07 Å². The van der Waals surface area contributed by atoms with Crippen molar-refractivity contribution in [1.82, 2.24) is 14.8 Å². The van der Waals surface area contributed by atoms with Gasteiger partial charge in [-0.2, -0.15) is 5.26 Å². The molecule has 0 saturated carbocycles. The first-order chi connectivity index (χ1) is 10.6. The van der Waals surface area contributed by atoms with E-state index in [0.717, 1.165) is 5.82 Å². The van der Waals surface area contributed by atoms with E-state index in [-0.39, 0.29) is 12.1 Å². The largest absolute Gasteiger partial charge is 0.380 e. The fourth-order valence-corrected chi connectivity index (χ4v) is 2.88. The molecule has 1 saturated heterocycles. The van der Waals surface area contributed by atoms with E-state index in [9.17, 15) is 4.39 Å². The highest BCUT2D eigenvalue weighted by Crippen LogP contribution is 2.37. The highest BCUT2D eigenvalue weighted by Gasteiger charge is 2.37. The van der Waals surface area contributed by atoms with Gasteiger partial charge in [0.25, 0.3) is 0 Å². The lowest BCUT2D eigenvalue weighted by molar-refractivity contribution is 0.118. The molecule has 3 rings (SSSR count). The van der Waals surface area contributed by atoms with E-state index in [1.54, 1.807) is 25.6 Å². The molecule has 1 aliphatic heterocycles. The number of nitriles is 1. The Kier molecular flexibility index (Phi) is 3.77. The van der Waals surface area contributed by atoms with Crippen LogP contribution in [0.1, 0.15) is 23.9 Å². The summed E-state index contributed by atoms with van der Waals surface area (Å²) < 4.78 is 21.6. The zero-order valence-electron chi connectivity index (χ0n) is 12.4. The average Bonchev–Trinajstić information content (AvgIpc) is 3.12. The number of benzene rings is 1. The summed E-state index contributed by atoms with van der Waals surface area (Å²) in [6, 6.07) is 6.34. The first kappa shape index (κ1) is 14.5. The number of aryl methyl sites for hydroxylation is 1. The fourth-order valence-electron chi connectivity index (χ4n) is 2.88. The van der Waals surface area contributed by atoms with Gasteiger partial charge >= 0.3 is 0 Å². The number of anilines is 1. The number of nitrogens with zero attached hydrogens (tertiary/aromatic N) is 5. The lowest BCUT2D eigenvalue weighted by atomic mass is 10.1. The van der Waals surface area contributed by atoms with Crippen LogP contribution in [0.25, 0.3) is 0 Å². The van der Waals surface area contributed by atoms with E-state index in [4.69, 9.17) is 10.00 Å². The van der Waals surface area contributed by atoms with Gasteiger partial charge in [0.2, 0.25) is 0 Å². The van der Waals surface area contributed by atoms with Gasteiger partial charge in [0, 0.05) is 27.1 Å². The van der Waals surface area contributed by atoms with Gasteiger partial charge in [-0.3, -0.25) is 0 Å². The summed E-state index contributed by atoms with van der Waals surface area (Å²) in [7, 11) is 3.51. The molecule has 1 aliphatic rings. The summed E-state index contributed by atoms with van der Waals surface area (Å²) in [5.74, 6) is 0.353. The van der Waals surface area contributed by atoms with E-state index in [0.29, 0.717) is 24.2 Å². The van der Waals surface area contributed by atoms with Gasteiger partial charge in [-0.1, -0.05) is 0 Å². The fraction of sp³-hybridized carbons (Fsp3) is 0.400. The third kappa shape index (κ3) is 2.42. The van der Waals surface area contributed by atoms with Gasteiger partial charge in [0.1, 0.15) is 12.1 Å². The Balaban J connectivity index is 2.00. The van der Waals surface area contributed by atoms with Gasteiger partial charge < -0.3 is 14.2 Å². The molecule has 1 fully saturated rings. The highest BCUT2D eigenvalue weighted by atomic mass is 19.1. The average molecular weight is 301 g/mol. The predicted molar refractivity (Wildman–Crippen MR) is 77.6 cm³/mol. The Hall–Kier alpha value is -2.46. The zero-order valence-corrected chi connectivity index (χ0v) is 12.4. The molecule has 0 radical (unpaired) electrons. The standard InChI is InChI=1S/C15H16FN5O/c1-20-9-18-19-15(20)14-6-11(22-2)8-21(14)13-4-3-10(7-17)5-12(13)16/h3-5,9,11,14H,6,8H2,1-2H3/t11-,14+/m1/s1. The van der Waals surface area contributed by atoms with Crippen molar-refractivity contribution in [2.45, 2.75) is 18.6 Å². The van der Waals surface area contributed by atoms with E-state index >= 15 is 0 Å². The normalized spacial score (nSPS) is 21.1. The van der Waals surface area contributed by atoms with Gasteiger partial charge in [0.05, 0.1) is 29.5 Å². The van der Waals surface area contributed by atoms with Crippen molar-refractivity contribution < 1.29 is 9.13 Å². The van der Waals surface area contributed by atoms with E-state index in [2.05, 4.69) is 10.2 Å². The maximum atomic E-state index is 14.4. The third-order valence-corrected chi connectivity index (χ3v) is 4.03. The molecule has 1 aromatic carbocycles. The molecule has 114 valence electrons. The number of ether oxygens (including phenoxy) is 1. The second kappa shape index (κ2) is 5.73. The van der Waals surface area contributed by atoms with Gasteiger partial charge in [0.15, 0.2) is 5.82 Å². The minimum absolute atomic E-state index is 0.00302. The Morgan fingerprint density at radius 1 is 1.45 bits per heavy atom. The number of aromatic nitrogens is 3. The Bertz CT molecular complexity index is 723. The molecule has 0 spiro atoms. The van der Waals surface area contributed by atoms with E-state index in [1.807, 2.05) is 22.6 Å². The topological polar surface area (TPSA) is 67.0 Å². The van der Waals surface area contributed by atoms with Crippen LogP contribution in [0.15, 0.2) is 24.5 Å². The molecular weight excluding hydrogens is 285 g/mol. The van der Waals surface area contributed by atoms with Crippen molar-refractivity contribution in [3.63, 3.8) is 0 Å². The summed E-state index contributed by atoms with van der Waals surface area (Å²) in [6.45, 7) is 0.566. The van der Waals surface area contributed by atoms with Crippen LogP contribution in [-0.4, -0.2) is 34.5 Å². The lowest BCUT2D eigenvalue weighted by Gasteiger charge is -2.26. The molecule has 2 atom stereocenters. The van der Waals surface area contributed by atoms with Gasteiger partial charge in [-0.15, -0.1) is 10.2 Å². The number of hydrogen-bond acceptors (Lipinski definition) is 5. The van der Waals surface area contributed by atoms with Gasteiger partial charge in [-0.25, -0.2) is 4.39 Å². The second-order valence-corrected chi connectivity index (χ2v) is 5.34. The monoisotopic (exact) mass is 301 g/mol. The van der Waals surface area contributed by atoms with Crippen molar-refractivity contribution in [2.24, 2.45) is 7.05 Å². The molecule has 0 aliphatic carbocycles. The molecule has 22 heavy (non-hydrogen) atoms. The van der Waals surface area contributed by atoms with Crippen molar-refractivity contribution in [1.29, 1.82) is 5.26 Å². The number of hydrogen-bond donors (Lipinski definition) is 0. The van der Waals surface area contributed by atoms with Crippen LogP contribution >= 0.6 is 0 Å². The van der Waals surface area contributed by atoms with Crippen LogP contribution < -0.4 is 4.90 Å². The molecule has 2 heterocycles. The number of halogens is 1. The molecule has 2 aromatic rings. The van der Waals surface area contributed by atoms with Crippen LogP contribution in [0.3, 0.4) is 0 Å². The summed E-state index contributed by atoms with van der Waals surface area (Å²) in [5.41, 5.74) is 0.755. The van der Waals surface area contributed by atoms with Crippen molar-refractivity contribution >= 4 is 5.69 Å². The predicted octanol–water partition coefficient (Wildman–Crippen LogP) is 1.79. The van der Waals surface area contributed by atoms with Gasteiger partial charge in [-0.05, 0) is 18.2 Å². The molecule has 7 heteroatoms. The van der Waals surface area contributed by atoms with Crippen molar-refractivity contribution in [3.8, 4) is 6.07 Å². The maximum absolute atomic E-state index is 14.4. The van der Waals surface area contributed by atoms with Crippen LogP contribution in [0.5, 0.6) is 0 Å². The highest BCUT2D eigenvalue weighted by molar-refractivity contribution is 5.53. The second-order valence-electron chi connectivity index (χ2n) is 5.34. The SMILES string of the molecule is CO[C@@H]1C[C@@H](c2nncn2C)N(c2ccc(C#N)cc2F)C1. The molecule has 1 aromatic heterocycles.